The van der Waals surface area contributed by atoms with Gasteiger partial charge in [-0.05, 0) is 13.0 Å². The Labute approximate surface area is 64.0 Å². The third kappa shape index (κ3) is 1.36. The van der Waals surface area contributed by atoms with Crippen LogP contribution in [0.25, 0.3) is 0 Å². The lowest BCUT2D eigenvalue weighted by molar-refractivity contribution is 0.388. The van der Waals surface area contributed by atoms with Crippen molar-refractivity contribution in [1.29, 1.82) is 0 Å². The first-order chi connectivity index (χ1) is 4.74. The van der Waals surface area contributed by atoms with Gasteiger partial charge in [-0.3, -0.25) is 0 Å². The minimum atomic E-state index is 0.387. The zero-order chi connectivity index (χ0) is 7.56. The Morgan fingerprint density at radius 2 is 2.20 bits per heavy atom. The van der Waals surface area contributed by atoms with Crippen LogP contribution < -0.4 is 4.74 Å². The van der Waals surface area contributed by atoms with E-state index in [0.717, 1.165) is 5.56 Å². The Morgan fingerprint density at radius 1 is 1.50 bits per heavy atom. The second-order valence-electron chi connectivity index (χ2n) is 1.86. The molecule has 0 saturated carbocycles. The first kappa shape index (κ1) is 7.28. The third-order valence-electron chi connectivity index (χ3n) is 1.10. The zero-order valence-corrected chi connectivity index (χ0v) is 6.51. The number of methoxy groups -OCH3 is 1. The van der Waals surface area contributed by atoms with Gasteiger partial charge in [-0.1, -0.05) is 11.6 Å². The number of halogens is 1. The summed E-state index contributed by atoms with van der Waals surface area (Å²) in [5, 5.41) is 7.68. The highest BCUT2D eigenvalue weighted by molar-refractivity contribution is 6.29. The molecule has 0 amide bonds. The van der Waals surface area contributed by atoms with Crippen molar-refractivity contribution in [3.05, 3.63) is 16.8 Å². The van der Waals surface area contributed by atoms with Crippen molar-refractivity contribution in [2.45, 2.75) is 6.92 Å². The molecule has 4 heteroatoms. The smallest absolute Gasteiger partial charge is 0.236 e. The molecule has 0 fully saturated rings. The normalized spacial score (nSPS) is 9.50. The Hall–Kier alpha value is -0.830. The summed E-state index contributed by atoms with van der Waals surface area (Å²) >= 11 is 5.54. The van der Waals surface area contributed by atoms with Crippen LogP contribution in [0, 0.1) is 6.92 Å². The van der Waals surface area contributed by atoms with Crippen LogP contribution in [-0.4, -0.2) is 17.3 Å². The molecule has 3 nitrogen and oxygen atoms in total. The van der Waals surface area contributed by atoms with Crippen molar-refractivity contribution in [1.82, 2.24) is 10.2 Å². The molecule has 0 N–H and O–H groups in total. The van der Waals surface area contributed by atoms with Gasteiger partial charge in [0.15, 0.2) is 5.15 Å². The molecule has 0 saturated heterocycles. The minimum Gasteiger partial charge on any atom is -0.480 e. The van der Waals surface area contributed by atoms with E-state index >= 15 is 0 Å². The molecule has 0 aliphatic rings. The maximum Gasteiger partial charge on any atom is 0.236 e. The van der Waals surface area contributed by atoms with E-state index < -0.39 is 0 Å². The quantitative estimate of drug-likeness (QED) is 0.621. The van der Waals surface area contributed by atoms with E-state index in [9.17, 15) is 0 Å². The molecular formula is C6H7ClN2O. The van der Waals surface area contributed by atoms with Gasteiger partial charge in [0, 0.05) is 5.56 Å². The average Bonchev–Trinajstić information content (AvgIpc) is 1.88. The van der Waals surface area contributed by atoms with Gasteiger partial charge in [0.1, 0.15) is 0 Å². The van der Waals surface area contributed by atoms with Crippen molar-refractivity contribution in [2.75, 3.05) is 7.11 Å². The van der Waals surface area contributed by atoms with Gasteiger partial charge in [-0.15, -0.1) is 10.2 Å². The van der Waals surface area contributed by atoms with Crippen LogP contribution in [0.1, 0.15) is 5.56 Å². The molecule has 0 aliphatic heterocycles. The largest absolute Gasteiger partial charge is 0.480 e. The predicted molar refractivity (Wildman–Crippen MR) is 38.3 cm³/mol. The summed E-state index contributed by atoms with van der Waals surface area (Å²) in [4.78, 5) is 0. The number of hydrogen-bond acceptors (Lipinski definition) is 3. The van der Waals surface area contributed by atoms with Gasteiger partial charge in [-0.2, -0.15) is 0 Å². The van der Waals surface area contributed by atoms with Gasteiger partial charge in [0.2, 0.25) is 5.88 Å². The molecule has 1 aromatic heterocycles. The van der Waals surface area contributed by atoms with Gasteiger partial charge in [-0.25, -0.2) is 0 Å². The van der Waals surface area contributed by atoms with Crippen LogP contribution in [0.5, 0.6) is 5.88 Å². The standard InChI is InChI=1S/C6H7ClN2O/c1-4-3-5(7)8-9-6(4)10-2/h3H,1-2H3. The molecule has 1 aromatic rings. The number of ether oxygens (including phenoxy) is 1. The molecule has 0 atom stereocenters. The molecule has 0 aliphatic carbocycles. The molecule has 1 heterocycles. The number of rotatable bonds is 1. The monoisotopic (exact) mass is 158 g/mol. The van der Waals surface area contributed by atoms with E-state index in [4.69, 9.17) is 16.3 Å². The minimum absolute atomic E-state index is 0.387. The summed E-state index contributed by atoms with van der Waals surface area (Å²) in [5.41, 5.74) is 0.891. The maximum atomic E-state index is 5.54. The van der Waals surface area contributed by atoms with Crippen LogP contribution in [0.15, 0.2) is 6.07 Å². The van der Waals surface area contributed by atoms with E-state index in [-0.39, 0.29) is 0 Å². The fourth-order valence-corrected chi connectivity index (χ4v) is 0.845. The number of aryl methyl sites for hydroxylation is 1. The van der Waals surface area contributed by atoms with Crippen LogP contribution in [0.3, 0.4) is 0 Å². The molecule has 0 spiro atoms. The summed E-state index contributed by atoms with van der Waals surface area (Å²) < 4.78 is 4.87. The molecule has 0 radical (unpaired) electrons. The van der Waals surface area contributed by atoms with Crippen molar-refractivity contribution < 1.29 is 4.74 Å². The zero-order valence-electron chi connectivity index (χ0n) is 5.76. The van der Waals surface area contributed by atoms with Crippen LogP contribution in [0.2, 0.25) is 5.15 Å². The number of nitrogens with zero attached hydrogens (tertiary/aromatic N) is 2. The maximum absolute atomic E-state index is 5.54. The predicted octanol–water partition coefficient (Wildman–Crippen LogP) is 1.45. The SMILES string of the molecule is COc1nnc(Cl)cc1C. The first-order valence-electron chi connectivity index (χ1n) is 2.78. The van der Waals surface area contributed by atoms with Crippen LogP contribution in [-0.2, 0) is 0 Å². The molecule has 10 heavy (non-hydrogen) atoms. The third-order valence-corrected chi connectivity index (χ3v) is 1.29. The van der Waals surface area contributed by atoms with Gasteiger partial charge < -0.3 is 4.74 Å². The van der Waals surface area contributed by atoms with Crippen molar-refractivity contribution in [3.63, 3.8) is 0 Å². The molecule has 0 unspecified atom stereocenters. The van der Waals surface area contributed by atoms with Crippen LogP contribution in [0.4, 0.5) is 0 Å². The van der Waals surface area contributed by atoms with E-state index in [1.54, 1.807) is 13.2 Å². The summed E-state index contributed by atoms with van der Waals surface area (Å²) in [5.74, 6) is 0.518. The van der Waals surface area contributed by atoms with E-state index in [1.165, 1.54) is 0 Å². The lowest BCUT2D eigenvalue weighted by Gasteiger charge is -1.99. The molecule has 0 aromatic carbocycles. The molecule has 54 valence electrons. The number of aromatic nitrogens is 2. The second kappa shape index (κ2) is 2.84. The highest BCUT2D eigenvalue weighted by Crippen LogP contribution is 2.14. The lowest BCUT2D eigenvalue weighted by Crippen LogP contribution is -1.93. The number of hydrogen-bond donors (Lipinski definition) is 0. The molecular weight excluding hydrogens is 152 g/mol. The fourth-order valence-electron chi connectivity index (χ4n) is 0.643. The Balaban J connectivity index is 3.07. The summed E-state index contributed by atoms with van der Waals surface area (Å²) in [6.45, 7) is 1.86. The van der Waals surface area contributed by atoms with Crippen molar-refractivity contribution in [3.8, 4) is 5.88 Å². The highest BCUT2D eigenvalue weighted by Gasteiger charge is 1.99. The van der Waals surface area contributed by atoms with Gasteiger partial charge in [0.25, 0.3) is 0 Å². The van der Waals surface area contributed by atoms with Gasteiger partial charge in [0.05, 0.1) is 7.11 Å². The van der Waals surface area contributed by atoms with Gasteiger partial charge >= 0.3 is 0 Å². The second-order valence-corrected chi connectivity index (χ2v) is 2.25. The summed E-state index contributed by atoms with van der Waals surface area (Å²) in [6, 6.07) is 1.70. The topological polar surface area (TPSA) is 35.0 Å². The van der Waals surface area contributed by atoms with E-state index in [1.807, 2.05) is 6.92 Å². The van der Waals surface area contributed by atoms with E-state index in [0.29, 0.717) is 11.0 Å². The molecule has 1 rings (SSSR count). The Morgan fingerprint density at radius 3 is 2.70 bits per heavy atom. The van der Waals surface area contributed by atoms with E-state index in [2.05, 4.69) is 10.2 Å². The average molecular weight is 159 g/mol. The van der Waals surface area contributed by atoms with Crippen molar-refractivity contribution >= 4 is 11.6 Å². The summed E-state index contributed by atoms with van der Waals surface area (Å²) in [6.07, 6.45) is 0. The fraction of sp³-hybridized carbons (Fsp3) is 0.333. The lowest BCUT2D eigenvalue weighted by atomic mass is 10.3. The first-order valence-corrected chi connectivity index (χ1v) is 3.15. The Bertz CT molecular complexity index is 239. The Kier molecular flexibility index (Phi) is 2.06. The molecule has 0 bridgehead atoms. The van der Waals surface area contributed by atoms with Crippen molar-refractivity contribution in [2.24, 2.45) is 0 Å². The summed E-state index contributed by atoms with van der Waals surface area (Å²) in [7, 11) is 1.55. The highest BCUT2D eigenvalue weighted by atomic mass is 35.5. The van der Waals surface area contributed by atoms with Crippen LogP contribution >= 0.6 is 11.6 Å².